The average molecular weight is 253 g/mol. The van der Waals surface area contributed by atoms with Crippen molar-refractivity contribution in [2.24, 2.45) is 0 Å². The molecule has 1 heterocycles. The monoisotopic (exact) mass is 253 g/mol. The number of benzene rings is 1. The highest BCUT2D eigenvalue weighted by Crippen LogP contribution is 2.19. The first-order valence-electron chi connectivity index (χ1n) is 6.11. The SMILES string of the molecule is Cc1ccccc1S(=O)(=O)CC1CCCCN1. The minimum atomic E-state index is -3.15. The van der Waals surface area contributed by atoms with E-state index in [4.69, 9.17) is 0 Å². The van der Waals surface area contributed by atoms with Crippen LogP contribution in [0, 0.1) is 6.92 Å². The van der Waals surface area contributed by atoms with Crippen LogP contribution >= 0.6 is 0 Å². The van der Waals surface area contributed by atoms with Crippen LogP contribution in [0.1, 0.15) is 24.8 Å². The van der Waals surface area contributed by atoms with E-state index < -0.39 is 9.84 Å². The maximum atomic E-state index is 12.3. The quantitative estimate of drug-likeness (QED) is 0.895. The Morgan fingerprint density at radius 2 is 2.06 bits per heavy atom. The smallest absolute Gasteiger partial charge is 0.180 e. The summed E-state index contributed by atoms with van der Waals surface area (Å²) in [6, 6.07) is 7.32. The summed E-state index contributed by atoms with van der Waals surface area (Å²) < 4.78 is 24.6. The third kappa shape index (κ3) is 3.07. The van der Waals surface area contributed by atoms with Crippen molar-refractivity contribution in [1.82, 2.24) is 5.32 Å². The third-order valence-electron chi connectivity index (χ3n) is 3.26. The number of rotatable bonds is 3. The van der Waals surface area contributed by atoms with Crippen LogP contribution in [-0.2, 0) is 9.84 Å². The first-order chi connectivity index (χ1) is 8.09. The lowest BCUT2D eigenvalue weighted by atomic mass is 10.1. The highest BCUT2D eigenvalue weighted by atomic mass is 32.2. The lowest BCUT2D eigenvalue weighted by Crippen LogP contribution is -2.39. The molecule has 0 amide bonds. The fraction of sp³-hybridized carbons (Fsp3) is 0.538. The lowest BCUT2D eigenvalue weighted by Gasteiger charge is -2.23. The van der Waals surface area contributed by atoms with Crippen molar-refractivity contribution in [1.29, 1.82) is 0 Å². The standard InChI is InChI=1S/C13H19NO2S/c1-11-6-2-3-8-13(11)17(15,16)10-12-7-4-5-9-14-12/h2-3,6,8,12,14H,4-5,7,9-10H2,1H3. The minimum absolute atomic E-state index is 0.119. The molecule has 1 saturated heterocycles. The van der Waals surface area contributed by atoms with E-state index in [0.29, 0.717) is 4.90 Å². The molecule has 0 radical (unpaired) electrons. The summed E-state index contributed by atoms with van der Waals surface area (Å²) in [7, 11) is -3.15. The molecule has 1 atom stereocenters. The van der Waals surface area contributed by atoms with Gasteiger partial charge in [0.25, 0.3) is 0 Å². The van der Waals surface area contributed by atoms with Crippen molar-refractivity contribution in [3.63, 3.8) is 0 Å². The molecule has 0 aromatic heterocycles. The topological polar surface area (TPSA) is 46.2 Å². The van der Waals surface area contributed by atoms with Gasteiger partial charge in [0.05, 0.1) is 10.6 Å². The molecule has 1 aromatic carbocycles. The molecule has 3 nitrogen and oxygen atoms in total. The second-order valence-electron chi connectivity index (χ2n) is 4.69. The Hall–Kier alpha value is -0.870. The van der Waals surface area contributed by atoms with Crippen LogP contribution < -0.4 is 5.32 Å². The molecule has 1 fully saturated rings. The fourth-order valence-corrected chi connectivity index (χ4v) is 4.16. The fourth-order valence-electron chi connectivity index (χ4n) is 2.33. The number of hydrogen-bond donors (Lipinski definition) is 1. The van der Waals surface area contributed by atoms with Gasteiger partial charge in [0.2, 0.25) is 0 Å². The molecular weight excluding hydrogens is 234 g/mol. The van der Waals surface area contributed by atoms with E-state index in [-0.39, 0.29) is 11.8 Å². The molecule has 2 rings (SSSR count). The Morgan fingerprint density at radius 1 is 1.29 bits per heavy atom. The Balaban J connectivity index is 2.16. The summed E-state index contributed by atoms with van der Waals surface area (Å²) in [5, 5.41) is 3.29. The van der Waals surface area contributed by atoms with E-state index in [9.17, 15) is 8.42 Å². The Morgan fingerprint density at radius 3 is 2.71 bits per heavy atom. The summed E-state index contributed by atoms with van der Waals surface area (Å²) >= 11 is 0. The molecule has 1 aliphatic rings. The first-order valence-corrected chi connectivity index (χ1v) is 7.76. The average Bonchev–Trinajstić information content (AvgIpc) is 2.30. The molecule has 1 aromatic rings. The van der Waals surface area contributed by atoms with Gasteiger partial charge in [-0.25, -0.2) is 8.42 Å². The van der Waals surface area contributed by atoms with E-state index in [1.807, 2.05) is 19.1 Å². The van der Waals surface area contributed by atoms with Crippen LogP contribution in [0.3, 0.4) is 0 Å². The molecule has 17 heavy (non-hydrogen) atoms. The van der Waals surface area contributed by atoms with E-state index >= 15 is 0 Å². The minimum Gasteiger partial charge on any atom is -0.313 e. The number of aryl methyl sites for hydroxylation is 1. The molecule has 0 spiro atoms. The van der Waals surface area contributed by atoms with Crippen molar-refractivity contribution in [3.8, 4) is 0 Å². The van der Waals surface area contributed by atoms with E-state index in [1.165, 1.54) is 0 Å². The highest BCUT2D eigenvalue weighted by Gasteiger charge is 2.23. The maximum absolute atomic E-state index is 12.3. The van der Waals surface area contributed by atoms with Gasteiger partial charge in [-0.3, -0.25) is 0 Å². The molecule has 0 aliphatic carbocycles. The predicted molar refractivity (Wildman–Crippen MR) is 68.9 cm³/mol. The number of hydrogen-bond acceptors (Lipinski definition) is 3. The number of piperidine rings is 1. The highest BCUT2D eigenvalue weighted by molar-refractivity contribution is 7.91. The van der Waals surface area contributed by atoms with Gasteiger partial charge in [-0.15, -0.1) is 0 Å². The third-order valence-corrected chi connectivity index (χ3v) is 5.23. The largest absolute Gasteiger partial charge is 0.313 e. The van der Waals surface area contributed by atoms with E-state index in [2.05, 4.69) is 5.32 Å². The zero-order valence-corrected chi connectivity index (χ0v) is 11.0. The normalized spacial score (nSPS) is 21.4. The summed E-state index contributed by atoms with van der Waals surface area (Å²) in [5.74, 6) is 0.220. The molecule has 0 bridgehead atoms. The molecule has 1 N–H and O–H groups in total. The molecule has 94 valence electrons. The molecule has 0 saturated carbocycles. The van der Waals surface area contributed by atoms with Crippen molar-refractivity contribution in [2.45, 2.75) is 37.1 Å². The van der Waals surface area contributed by atoms with Gasteiger partial charge in [0.1, 0.15) is 0 Å². The van der Waals surface area contributed by atoms with Gasteiger partial charge in [-0.1, -0.05) is 24.6 Å². The van der Waals surface area contributed by atoms with Crippen molar-refractivity contribution < 1.29 is 8.42 Å². The first kappa shape index (κ1) is 12.6. The molecule has 1 unspecified atom stereocenters. The second-order valence-corrected chi connectivity index (χ2v) is 6.70. The predicted octanol–water partition coefficient (Wildman–Crippen LogP) is 1.91. The molecule has 4 heteroatoms. The van der Waals surface area contributed by atoms with Gasteiger partial charge < -0.3 is 5.32 Å². The van der Waals surface area contributed by atoms with Crippen LogP contribution in [0.4, 0.5) is 0 Å². The van der Waals surface area contributed by atoms with E-state index in [0.717, 1.165) is 31.4 Å². The van der Waals surface area contributed by atoms with Crippen LogP contribution in [0.5, 0.6) is 0 Å². The van der Waals surface area contributed by atoms with Crippen molar-refractivity contribution in [3.05, 3.63) is 29.8 Å². The van der Waals surface area contributed by atoms with Crippen LogP contribution in [0.25, 0.3) is 0 Å². The number of sulfone groups is 1. The summed E-state index contributed by atoms with van der Waals surface area (Å²) in [5.41, 5.74) is 0.836. The summed E-state index contributed by atoms with van der Waals surface area (Å²) in [6.07, 6.45) is 3.24. The zero-order chi connectivity index (χ0) is 12.3. The second kappa shape index (κ2) is 5.19. The van der Waals surface area contributed by atoms with Crippen LogP contribution in [0.15, 0.2) is 29.2 Å². The number of nitrogens with one attached hydrogen (secondary N) is 1. The van der Waals surface area contributed by atoms with Gasteiger partial charge in [-0.05, 0) is 37.9 Å². The Kier molecular flexibility index (Phi) is 3.84. The van der Waals surface area contributed by atoms with Crippen molar-refractivity contribution in [2.75, 3.05) is 12.3 Å². The summed E-state index contributed by atoms with van der Waals surface area (Å²) in [4.78, 5) is 0.479. The molecular formula is C13H19NO2S. The maximum Gasteiger partial charge on any atom is 0.180 e. The van der Waals surface area contributed by atoms with Gasteiger partial charge >= 0.3 is 0 Å². The molecule has 1 aliphatic heterocycles. The lowest BCUT2D eigenvalue weighted by molar-refractivity contribution is 0.423. The Labute approximate surface area is 103 Å². The van der Waals surface area contributed by atoms with Gasteiger partial charge in [-0.2, -0.15) is 0 Å². The zero-order valence-electron chi connectivity index (χ0n) is 10.1. The van der Waals surface area contributed by atoms with E-state index in [1.54, 1.807) is 12.1 Å². The van der Waals surface area contributed by atoms with Crippen LogP contribution in [0.2, 0.25) is 0 Å². The van der Waals surface area contributed by atoms with Gasteiger partial charge in [0, 0.05) is 6.04 Å². The Bertz CT molecular complexity index is 476. The summed E-state index contributed by atoms with van der Waals surface area (Å²) in [6.45, 7) is 2.79. The van der Waals surface area contributed by atoms with Crippen molar-refractivity contribution >= 4 is 9.84 Å². The van der Waals surface area contributed by atoms with Gasteiger partial charge in [0.15, 0.2) is 9.84 Å². The van der Waals surface area contributed by atoms with Crippen LogP contribution in [-0.4, -0.2) is 26.8 Å².